The zero-order valence-electron chi connectivity index (χ0n) is 16.0. The van der Waals surface area contributed by atoms with Gasteiger partial charge in [0, 0.05) is 37.4 Å². The Labute approximate surface area is 178 Å². The average Bonchev–Trinajstić information content (AvgIpc) is 3.17. The second-order valence-electron chi connectivity index (χ2n) is 6.40. The molecule has 2 aromatic carbocycles. The third-order valence-electron chi connectivity index (χ3n) is 3.98. The van der Waals surface area contributed by atoms with Crippen LogP contribution in [0.2, 0.25) is 5.02 Å². The number of aromatic nitrogens is 1. The quantitative estimate of drug-likeness (QED) is 0.535. The zero-order valence-corrected chi connectivity index (χ0v) is 17.6. The summed E-state index contributed by atoms with van der Waals surface area (Å²) < 4.78 is 5.72. The molecule has 0 bridgehead atoms. The van der Waals surface area contributed by atoms with E-state index in [2.05, 4.69) is 10.3 Å². The molecule has 8 heteroatoms. The van der Waals surface area contributed by atoms with Gasteiger partial charge in [0.2, 0.25) is 5.91 Å². The lowest BCUT2D eigenvalue weighted by Gasteiger charge is -2.13. The third-order valence-corrected chi connectivity index (χ3v) is 5.43. The number of nitrogens with zero attached hydrogens (tertiary/aromatic N) is 2. The monoisotopic (exact) mass is 429 g/mol. The van der Waals surface area contributed by atoms with Gasteiger partial charge in [-0.05, 0) is 36.0 Å². The predicted molar refractivity (Wildman–Crippen MR) is 115 cm³/mol. The molecule has 0 unspecified atom stereocenters. The Balaban J connectivity index is 1.60. The van der Waals surface area contributed by atoms with Crippen LogP contribution in [0.15, 0.2) is 64.0 Å². The number of hydrogen-bond donors (Lipinski definition) is 1. The third kappa shape index (κ3) is 5.62. The number of para-hydroxylation sites is 1. The van der Waals surface area contributed by atoms with Crippen LogP contribution in [0.4, 0.5) is 10.5 Å². The predicted octanol–water partition coefficient (Wildman–Crippen LogP) is 5.34. The maximum absolute atomic E-state index is 12.4. The molecule has 0 spiro atoms. The number of amides is 2. The van der Waals surface area contributed by atoms with Gasteiger partial charge in [-0.25, -0.2) is 4.98 Å². The summed E-state index contributed by atoms with van der Waals surface area (Å²) in [6.45, 7) is 0. The van der Waals surface area contributed by atoms with Crippen LogP contribution in [-0.4, -0.2) is 35.1 Å². The lowest BCUT2D eigenvalue weighted by molar-refractivity contribution is -0.116. The standard InChI is InChI=1S/C21H20ClN3O3S/c1-25(2)21(27)29-18-10-6-5-9-16(18)24-19(26)11-12-20-23-13-17(28-20)14-7-3-4-8-15(14)22/h3-10,13H,11-12H2,1-2H3,(H,24,26). The van der Waals surface area contributed by atoms with Crippen LogP contribution in [0.5, 0.6) is 0 Å². The van der Waals surface area contributed by atoms with Crippen LogP contribution in [0.3, 0.4) is 0 Å². The van der Waals surface area contributed by atoms with E-state index in [9.17, 15) is 9.59 Å². The minimum atomic E-state index is -0.187. The van der Waals surface area contributed by atoms with E-state index < -0.39 is 0 Å². The highest BCUT2D eigenvalue weighted by Crippen LogP contribution is 2.30. The van der Waals surface area contributed by atoms with E-state index in [0.717, 1.165) is 17.3 Å². The summed E-state index contributed by atoms with van der Waals surface area (Å²) in [6, 6.07) is 14.5. The van der Waals surface area contributed by atoms with E-state index in [1.165, 1.54) is 4.90 Å². The number of anilines is 1. The van der Waals surface area contributed by atoms with Crippen molar-refractivity contribution in [3.05, 3.63) is 65.6 Å². The number of hydrogen-bond acceptors (Lipinski definition) is 5. The van der Waals surface area contributed by atoms with E-state index in [1.54, 1.807) is 38.5 Å². The minimum absolute atomic E-state index is 0.112. The molecule has 1 aromatic heterocycles. The minimum Gasteiger partial charge on any atom is -0.441 e. The van der Waals surface area contributed by atoms with Crippen LogP contribution in [0.1, 0.15) is 12.3 Å². The lowest BCUT2D eigenvalue weighted by atomic mass is 10.2. The number of carbonyl (C=O) groups excluding carboxylic acids is 2. The van der Waals surface area contributed by atoms with Crippen molar-refractivity contribution in [3.63, 3.8) is 0 Å². The highest BCUT2D eigenvalue weighted by Gasteiger charge is 2.14. The van der Waals surface area contributed by atoms with Gasteiger partial charge in [0.05, 0.1) is 16.9 Å². The van der Waals surface area contributed by atoms with E-state index in [4.69, 9.17) is 16.0 Å². The second-order valence-corrected chi connectivity index (χ2v) is 7.81. The van der Waals surface area contributed by atoms with Crippen molar-refractivity contribution in [2.24, 2.45) is 0 Å². The Bertz CT molecular complexity index is 1020. The Hall–Kier alpha value is -2.77. The molecule has 0 aliphatic carbocycles. The molecule has 2 amide bonds. The number of rotatable bonds is 6. The molecule has 0 saturated carbocycles. The van der Waals surface area contributed by atoms with Gasteiger partial charge in [-0.1, -0.05) is 35.9 Å². The van der Waals surface area contributed by atoms with Crippen molar-refractivity contribution in [3.8, 4) is 11.3 Å². The van der Waals surface area contributed by atoms with Gasteiger partial charge >= 0.3 is 0 Å². The molecule has 6 nitrogen and oxygen atoms in total. The fourth-order valence-corrected chi connectivity index (χ4v) is 3.46. The largest absolute Gasteiger partial charge is 0.441 e. The molecule has 0 aliphatic rings. The van der Waals surface area contributed by atoms with Crippen molar-refractivity contribution < 1.29 is 14.0 Å². The van der Waals surface area contributed by atoms with Crippen molar-refractivity contribution >= 4 is 40.2 Å². The SMILES string of the molecule is CN(C)C(=O)Sc1ccccc1NC(=O)CCc1ncc(-c2ccccc2Cl)o1. The van der Waals surface area contributed by atoms with Gasteiger partial charge in [0.15, 0.2) is 11.7 Å². The molecule has 0 radical (unpaired) electrons. The van der Waals surface area contributed by atoms with Crippen LogP contribution in [-0.2, 0) is 11.2 Å². The summed E-state index contributed by atoms with van der Waals surface area (Å²) in [7, 11) is 3.37. The second kappa shape index (κ2) is 9.62. The Morgan fingerprint density at radius 2 is 1.86 bits per heavy atom. The van der Waals surface area contributed by atoms with Gasteiger partial charge in [0.25, 0.3) is 5.24 Å². The number of carbonyl (C=O) groups is 2. The summed E-state index contributed by atoms with van der Waals surface area (Å²) in [6.07, 6.45) is 2.15. The highest BCUT2D eigenvalue weighted by molar-refractivity contribution is 8.13. The van der Waals surface area contributed by atoms with Crippen LogP contribution >= 0.6 is 23.4 Å². The van der Waals surface area contributed by atoms with Gasteiger partial charge in [-0.3, -0.25) is 9.59 Å². The van der Waals surface area contributed by atoms with E-state index in [1.807, 2.05) is 30.3 Å². The molecule has 3 aromatic rings. The molecule has 1 heterocycles. The number of oxazole rings is 1. The fourth-order valence-electron chi connectivity index (χ4n) is 2.49. The van der Waals surface area contributed by atoms with Gasteiger partial charge in [0.1, 0.15) is 0 Å². The molecule has 29 heavy (non-hydrogen) atoms. The smallest absolute Gasteiger partial charge is 0.286 e. The summed E-state index contributed by atoms with van der Waals surface area (Å²) in [5.41, 5.74) is 1.36. The van der Waals surface area contributed by atoms with Crippen LogP contribution < -0.4 is 5.32 Å². The molecule has 3 rings (SSSR count). The van der Waals surface area contributed by atoms with Crippen molar-refractivity contribution in [2.45, 2.75) is 17.7 Å². The maximum atomic E-state index is 12.4. The normalized spacial score (nSPS) is 10.6. The summed E-state index contributed by atoms with van der Waals surface area (Å²) in [5.74, 6) is 0.836. The molecule has 0 saturated heterocycles. The van der Waals surface area contributed by atoms with Gasteiger partial charge < -0.3 is 14.6 Å². The van der Waals surface area contributed by atoms with E-state index >= 15 is 0 Å². The molecule has 0 aliphatic heterocycles. The summed E-state index contributed by atoms with van der Waals surface area (Å²) >= 11 is 7.24. The number of benzene rings is 2. The fraction of sp³-hybridized carbons (Fsp3) is 0.190. The molecule has 150 valence electrons. The lowest BCUT2D eigenvalue weighted by Crippen LogP contribution is -2.17. The Morgan fingerprint density at radius 3 is 2.62 bits per heavy atom. The van der Waals surface area contributed by atoms with Gasteiger partial charge in [-0.2, -0.15) is 0 Å². The molecule has 0 atom stereocenters. The highest BCUT2D eigenvalue weighted by atomic mass is 35.5. The van der Waals surface area contributed by atoms with Crippen LogP contribution in [0.25, 0.3) is 11.3 Å². The number of aryl methyl sites for hydroxylation is 1. The number of thioether (sulfide) groups is 1. The summed E-state index contributed by atoms with van der Waals surface area (Å²) in [5, 5.41) is 3.32. The van der Waals surface area contributed by atoms with Gasteiger partial charge in [-0.15, -0.1) is 0 Å². The van der Waals surface area contributed by atoms with Crippen molar-refractivity contribution in [2.75, 3.05) is 19.4 Å². The number of nitrogens with one attached hydrogen (secondary N) is 1. The first-order valence-electron chi connectivity index (χ1n) is 8.91. The first-order chi connectivity index (χ1) is 13.9. The molecular weight excluding hydrogens is 410 g/mol. The Morgan fingerprint density at radius 1 is 1.14 bits per heavy atom. The molecule has 0 fully saturated rings. The Kier molecular flexibility index (Phi) is 6.95. The topological polar surface area (TPSA) is 75.4 Å². The summed E-state index contributed by atoms with van der Waals surface area (Å²) in [4.78, 5) is 30.7. The van der Waals surface area contributed by atoms with Crippen molar-refractivity contribution in [1.82, 2.24) is 9.88 Å². The first-order valence-corrected chi connectivity index (χ1v) is 10.1. The maximum Gasteiger partial charge on any atom is 0.286 e. The van der Waals surface area contributed by atoms with E-state index in [-0.39, 0.29) is 17.6 Å². The molecule has 1 N–H and O–H groups in total. The average molecular weight is 430 g/mol. The van der Waals surface area contributed by atoms with Crippen molar-refractivity contribution in [1.29, 1.82) is 0 Å². The first kappa shape index (κ1) is 21.0. The van der Waals surface area contributed by atoms with E-state index in [0.29, 0.717) is 33.7 Å². The number of halogens is 1. The molecular formula is C21H20ClN3O3S. The van der Waals surface area contributed by atoms with Crippen LogP contribution in [0, 0.1) is 0 Å². The zero-order chi connectivity index (χ0) is 20.8.